The van der Waals surface area contributed by atoms with Crippen LogP contribution in [0.25, 0.3) is 0 Å². The summed E-state index contributed by atoms with van der Waals surface area (Å²) in [5.74, 6) is -1.17. The molecule has 2 rings (SSSR count). The third kappa shape index (κ3) is 4.84. The van der Waals surface area contributed by atoms with Crippen LogP contribution in [0, 0.1) is 6.92 Å². The van der Waals surface area contributed by atoms with E-state index in [1.807, 2.05) is 0 Å². The maximum atomic E-state index is 11.7. The van der Waals surface area contributed by atoms with Gasteiger partial charge in [-0.2, -0.15) is 0 Å². The molecule has 1 fully saturated rings. The van der Waals surface area contributed by atoms with E-state index >= 15 is 0 Å². The smallest absolute Gasteiger partial charge is 0.349 e. The number of nitrogens with one attached hydrogen (secondary N) is 2. The molecular weight excluding hydrogens is 304 g/mol. The fourth-order valence-electron chi connectivity index (χ4n) is 2.41. The van der Waals surface area contributed by atoms with Gasteiger partial charge in [0, 0.05) is 6.04 Å². The summed E-state index contributed by atoms with van der Waals surface area (Å²) in [7, 11) is 0. The molecule has 0 unspecified atom stereocenters. The standard InChI is InChI=1S/C15H20N2O4S/c1-10-7-8-22-13(10)14(19)21-9-12(18)17-15(20)16-11-5-3-2-4-6-11/h7-8,11H,2-6,9H2,1H3,(H2,16,17,18,20). The molecule has 1 aliphatic carbocycles. The van der Waals surface area contributed by atoms with Crippen molar-refractivity contribution < 1.29 is 19.1 Å². The molecule has 1 aliphatic rings. The number of esters is 1. The van der Waals surface area contributed by atoms with E-state index in [2.05, 4.69) is 10.6 Å². The Morgan fingerprint density at radius 2 is 2.00 bits per heavy atom. The lowest BCUT2D eigenvalue weighted by Crippen LogP contribution is -2.46. The van der Waals surface area contributed by atoms with Crippen LogP contribution < -0.4 is 10.6 Å². The summed E-state index contributed by atoms with van der Waals surface area (Å²) < 4.78 is 4.90. The zero-order chi connectivity index (χ0) is 15.9. The lowest BCUT2D eigenvalue weighted by molar-refractivity contribution is -0.123. The molecular formula is C15H20N2O4S. The quantitative estimate of drug-likeness (QED) is 0.833. The highest BCUT2D eigenvalue weighted by atomic mass is 32.1. The van der Waals surface area contributed by atoms with Crippen molar-refractivity contribution in [3.05, 3.63) is 21.9 Å². The highest BCUT2D eigenvalue weighted by Crippen LogP contribution is 2.17. The first-order chi connectivity index (χ1) is 10.6. The first-order valence-electron chi connectivity index (χ1n) is 7.38. The molecule has 1 aromatic rings. The molecule has 0 atom stereocenters. The van der Waals surface area contributed by atoms with Crippen LogP contribution in [0.5, 0.6) is 0 Å². The van der Waals surface area contributed by atoms with Crippen LogP contribution in [0.15, 0.2) is 11.4 Å². The van der Waals surface area contributed by atoms with E-state index in [1.165, 1.54) is 17.8 Å². The SMILES string of the molecule is Cc1ccsc1C(=O)OCC(=O)NC(=O)NC1CCCCC1. The van der Waals surface area contributed by atoms with E-state index in [-0.39, 0.29) is 6.04 Å². The number of imide groups is 1. The molecule has 0 radical (unpaired) electrons. The minimum Gasteiger partial charge on any atom is -0.451 e. The molecule has 0 aliphatic heterocycles. The molecule has 1 saturated carbocycles. The number of amides is 3. The summed E-state index contributed by atoms with van der Waals surface area (Å²) in [5, 5.41) is 6.73. The summed E-state index contributed by atoms with van der Waals surface area (Å²) in [6, 6.07) is 1.40. The highest BCUT2D eigenvalue weighted by molar-refractivity contribution is 7.12. The zero-order valence-electron chi connectivity index (χ0n) is 12.5. The topological polar surface area (TPSA) is 84.5 Å². The van der Waals surface area contributed by atoms with Crippen LogP contribution in [0.2, 0.25) is 0 Å². The molecule has 2 N–H and O–H groups in total. The Bertz CT molecular complexity index is 549. The molecule has 1 heterocycles. The number of carbonyl (C=O) groups is 3. The van der Waals surface area contributed by atoms with Gasteiger partial charge < -0.3 is 10.1 Å². The Kier molecular flexibility index (Phi) is 5.94. The predicted octanol–water partition coefficient (Wildman–Crippen LogP) is 2.37. The number of rotatable bonds is 4. The molecule has 6 nitrogen and oxygen atoms in total. The molecule has 120 valence electrons. The average Bonchev–Trinajstić information content (AvgIpc) is 2.92. The van der Waals surface area contributed by atoms with Crippen molar-refractivity contribution in [2.75, 3.05) is 6.61 Å². The van der Waals surface area contributed by atoms with Crippen molar-refractivity contribution in [1.29, 1.82) is 0 Å². The molecule has 0 spiro atoms. The largest absolute Gasteiger partial charge is 0.451 e. The fourth-order valence-corrected chi connectivity index (χ4v) is 3.23. The second kappa shape index (κ2) is 7.93. The van der Waals surface area contributed by atoms with E-state index in [0.717, 1.165) is 31.2 Å². The minimum absolute atomic E-state index is 0.123. The lowest BCUT2D eigenvalue weighted by atomic mass is 9.96. The number of carbonyl (C=O) groups excluding carboxylic acids is 3. The zero-order valence-corrected chi connectivity index (χ0v) is 13.3. The van der Waals surface area contributed by atoms with Gasteiger partial charge in [0.1, 0.15) is 4.88 Å². The number of aryl methyl sites for hydroxylation is 1. The van der Waals surface area contributed by atoms with Gasteiger partial charge in [0.05, 0.1) is 0 Å². The molecule has 7 heteroatoms. The van der Waals surface area contributed by atoms with Crippen LogP contribution in [0.3, 0.4) is 0 Å². The number of ether oxygens (including phenoxy) is 1. The summed E-state index contributed by atoms with van der Waals surface area (Å²) in [5.41, 5.74) is 0.811. The Labute approximate surface area is 133 Å². The van der Waals surface area contributed by atoms with Gasteiger partial charge in [-0.3, -0.25) is 10.1 Å². The second-order valence-corrected chi connectivity index (χ2v) is 6.28. The van der Waals surface area contributed by atoms with Gasteiger partial charge in [0.15, 0.2) is 6.61 Å². The first-order valence-corrected chi connectivity index (χ1v) is 8.26. The maximum Gasteiger partial charge on any atom is 0.349 e. The molecule has 0 aromatic carbocycles. The van der Waals surface area contributed by atoms with E-state index in [0.29, 0.717) is 4.88 Å². The third-order valence-corrected chi connectivity index (χ3v) is 4.57. The molecule has 1 aromatic heterocycles. The summed E-state index contributed by atoms with van der Waals surface area (Å²) in [6.07, 6.45) is 5.26. The van der Waals surface area contributed by atoms with Crippen molar-refractivity contribution in [2.24, 2.45) is 0 Å². The van der Waals surface area contributed by atoms with Gasteiger partial charge >= 0.3 is 12.0 Å². The maximum absolute atomic E-state index is 11.7. The monoisotopic (exact) mass is 324 g/mol. The Balaban J connectivity index is 1.70. The average molecular weight is 324 g/mol. The summed E-state index contributed by atoms with van der Waals surface area (Å²) in [6.45, 7) is 1.33. The lowest BCUT2D eigenvalue weighted by Gasteiger charge is -2.22. The third-order valence-electron chi connectivity index (χ3n) is 3.58. The van der Waals surface area contributed by atoms with Gasteiger partial charge in [-0.25, -0.2) is 9.59 Å². The van der Waals surface area contributed by atoms with Gasteiger partial charge in [-0.15, -0.1) is 11.3 Å². The van der Waals surface area contributed by atoms with Crippen molar-refractivity contribution in [1.82, 2.24) is 10.6 Å². The van der Waals surface area contributed by atoms with Crippen molar-refractivity contribution in [3.8, 4) is 0 Å². The fraction of sp³-hybridized carbons (Fsp3) is 0.533. The Morgan fingerprint density at radius 1 is 1.27 bits per heavy atom. The van der Waals surface area contributed by atoms with Crippen molar-refractivity contribution in [2.45, 2.75) is 45.1 Å². The summed E-state index contributed by atoms with van der Waals surface area (Å²) in [4.78, 5) is 35.5. The number of hydrogen-bond donors (Lipinski definition) is 2. The molecule has 3 amide bonds. The predicted molar refractivity (Wildman–Crippen MR) is 82.9 cm³/mol. The number of urea groups is 1. The van der Waals surface area contributed by atoms with Gasteiger partial charge in [0.2, 0.25) is 0 Å². The van der Waals surface area contributed by atoms with Crippen LogP contribution in [0.1, 0.15) is 47.3 Å². The van der Waals surface area contributed by atoms with Gasteiger partial charge in [-0.05, 0) is 36.8 Å². The summed E-state index contributed by atoms with van der Waals surface area (Å²) >= 11 is 1.26. The van der Waals surface area contributed by atoms with Crippen molar-refractivity contribution >= 4 is 29.2 Å². The van der Waals surface area contributed by atoms with Crippen LogP contribution in [-0.2, 0) is 9.53 Å². The van der Waals surface area contributed by atoms with Crippen LogP contribution in [0.4, 0.5) is 4.79 Å². The van der Waals surface area contributed by atoms with E-state index in [1.54, 1.807) is 18.4 Å². The van der Waals surface area contributed by atoms with Crippen LogP contribution >= 0.6 is 11.3 Å². The van der Waals surface area contributed by atoms with Crippen LogP contribution in [-0.4, -0.2) is 30.6 Å². The second-order valence-electron chi connectivity index (χ2n) is 5.37. The molecule has 22 heavy (non-hydrogen) atoms. The van der Waals surface area contributed by atoms with Gasteiger partial charge in [0.25, 0.3) is 5.91 Å². The first kappa shape index (κ1) is 16.5. The molecule has 0 saturated heterocycles. The molecule has 0 bridgehead atoms. The van der Waals surface area contributed by atoms with Crippen molar-refractivity contribution in [3.63, 3.8) is 0 Å². The van der Waals surface area contributed by atoms with E-state index < -0.39 is 24.5 Å². The Morgan fingerprint density at radius 3 is 2.64 bits per heavy atom. The van der Waals surface area contributed by atoms with E-state index in [4.69, 9.17) is 4.74 Å². The Hall–Kier alpha value is -1.89. The number of thiophene rings is 1. The highest BCUT2D eigenvalue weighted by Gasteiger charge is 2.18. The van der Waals surface area contributed by atoms with E-state index in [9.17, 15) is 14.4 Å². The minimum atomic E-state index is -0.629. The van der Waals surface area contributed by atoms with Gasteiger partial charge in [-0.1, -0.05) is 19.3 Å². The number of hydrogen-bond acceptors (Lipinski definition) is 5. The normalized spacial score (nSPS) is 15.1.